The van der Waals surface area contributed by atoms with Gasteiger partial charge in [-0.15, -0.1) is 24.0 Å². The summed E-state index contributed by atoms with van der Waals surface area (Å²) < 4.78 is 19.3. The number of halogens is 2. The van der Waals surface area contributed by atoms with Crippen molar-refractivity contribution in [2.45, 2.75) is 45.5 Å². The van der Waals surface area contributed by atoms with E-state index in [0.29, 0.717) is 12.5 Å². The Bertz CT molecular complexity index is 864. The number of aromatic nitrogens is 1. The van der Waals surface area contributed by atoms with Crippen molar-refractivity contribution in [3.05, 3.63) is 52.5 Å². The number of aliphatic imine (C=N–C) groups is 1. The van der Waals surface area contributed by atoms with Crippen LogP contribution in [0.25, 0.3) is 0 Å². The second kappa shape index (κ2) is 13.4. The molecule has 2 heterocycles. The van der Waals surface area contributed by atoms with Crippen molar-refractivity contribution in [2.75, 3.05) is 32.9 Å². The van der Waals surface area contributed by atoms with Gasteiger partial charge in [0.1, 0.15) is 11.6 Å². The third-order valence-electron chi connectivity index (χ3n) is 5.84. The zero-order chi connectivity index (χ0) is 22.2. The molecule has 3 rings (SSSR count). The molecule has 6 nitrogen and oxygen atoms in total. The predicted octanol–water partition coefficient (Wildman–Crippen LogP) is 4.49. The number of aryl methyl sites for hydroxylation is 2. The first kappa shape index (κ1) is 26.9. The first-order valence-corrected chi connectivity index (χ1v) is 12.2. The third-order valence-corrected chi connectivity index (χ3v) is 6.43. The highest BCUT2D eigenvalue weighted by Crippen LogP contribution is 2.19. The summed E-state index contributed by atoms with van der Waals surface area (Å²) >= 11 is 1.69. The monoisotopic (exact) mass is 575 g/mol. The Morgan fingerprint density at radius 1 is 1.25 bits per heavy atom. The van der Waals surface area contributed by atoms with Crippen LogP contribution in [0.5, 0.6) is 0 Å². The SMILES string of the molecule is CN=C(NCc1ccc(F)cc1CSC)NCC1CCN(Cc2nc(C)c(C)o2)CC1.I. The first-order valence-electron chi connectivity index (χ1n) is 10.8. The predicted molar refractivity (Wildman–Crippen MR) is 141 cm³/mol. The third kappa shape index (κ3) is 7.91. The number of likely N-dealkylation sites (tertiary alicyclic amines) is 1. The molecule has 1 saturated heterocycles. The minimum Gasteiger partial charge on any atom is -0.444 e. The van der Waals surface area contributed by atoms with Crippen LogP contribution in [-0.4, -0.2) is 48.8 Å². The summed E-state index contributed by atoms with van der Waals surface area (Å²) in [6.07, 6.45) is 4.30. The minimum absolute atomic E-state index is 0. The van der Waals surface area contributed by atoms with Crippen molar-refractivity contribution < 1.29 is 8.81 Å². The first-order chi connectivity index (χ1) is 15.0. The van der Waals surface area contributed by atoms with Crippen LogP contribution in [0.2, 0.25) is 0 Å². The van der Waals surface area contributed by atoms with Crippen LogP contribution in [0.15, 0.2) is 27.6 Å². The van der Waals surface area contributed by atoms with Crippen LogP contribution >= 0.6 is 35.7 Å². The zero-order valence-electron chi connectivity index (χ0n) is 19.4. The topological polar surface area (TPSA) is 65.7 Å². The van der Waals surface area contributed by atoms with Crippen molar-refractivity contribution in [1.82, 2.24) is 20.5 Å². The van der Waals surface area contributed by atoms with Gasteiger partial charge >= 0.3 is 0 Å². The summed E-state index contributed by atoms with van der Waals surface area (Å²) in [7, 11) is 1.78. The van der Waals surface area contributed by atoms with Crippen LogP contribution in [0, 0.1) is 25.6 Å². The van der Waals surface area contributed by atoms with Crippen LogP contribution in [0.4, 0.5) is 4.39 Å². The smallest absolute Gasteiger partial charge is 0.208 e. The van der Waals surface area contributed by atoms with Gasteiger partial charge in [-0.25, -0.2) is 9.37 Å². The molecule has 0 bridgehead atoms. The van der Waals surface area contributed by atoms with E-state index in [9.17, 15) is 4.39 Å². The second-order valence-electron chi connectivity index (χ2n) is 8.12. The fraction of sp³-hybridized carbons (Fsp3) is 0.565. The lowest BCUT2D eigenvalue weighted by atomic mass is 9.97. The number of benzene rings is 1. The average Bonchev–Trinajstić information content (AvgIpc) is 3.07. The maximum absolute atomic E-state index is 13.6. The van der Waals surface area contributed by atoms with Gasteiger partial charge in [0, 0.05) is 25.9 Å². The summed E-state index contributed by atoms with van der Waals surface area (Å²) in [6, 6.07) is 5.00. The van der Waals surface area contributed by atoms with Gasteiger partial charge < -0.3 is 15.1 Å². The minimum atomic E-state index is -0.185. The molecule has 9 heteroatoms. The Hall–Kier alpha value is -1.33. The Labute approximate surface area is 212 Å². The molecular weight excluding hydrogens is 540 g/mol. The van der Waals surface area contributed by atoms with E-state index < -0.39 is 0 Å². The molecule has 1 aliphatic rings. The Morgan fingerprint density at radius 3 is 2.62 bits per heavy atom. The van der Waals surface area contributed by atoms with Gasteiger partial charge in [0.2, 0.25) is 5.89 Å². The summed E-state index contributed by atoms with van der Waals surface area (Å²) in [5.74, 6) is 3.74. The number of nitrogens with one attached hydrogen (secondary N) is 2. The summed E-state index contributed by atoms with van der Waals surface area (Å²) in [4.78, 5) is 11.3. The molecule has 178 valence electrons. The molecule has 0 atom stereocenters. The number of guanidine groups is 1. The fourth-order valence-corrected chi connectivity index (χ4v) is 4.42. The van der Waals surface area contributed by atoms with Crippen molar-refractivity contribution in [2.24, 2.45) is 10.9 Å². The molecule has 1 aromatic heterocycles. The highest BCUT2D eigenvalue weighted by molar-refractivity contribution is 14.0. The number of hydrogen-bond donors (Lipinski definition) is 2. The van der Waals surface area contributed by atoms with E-state index in [-0.39, 0.29) is 29.8 Å². The van der Waals surface area contributed by atoms with E-state index in [2.05, 4.69) is 25.5 Å². The van der Waals surface area contributed by atoms with E-state index >= 15 is 0 Å². The van der Waals surface area contributed by atoms with Gasteiger partial charge in [0.15, 0.2) is 5.96 Å². The normalized spacial score (nSPS) is 15.5. The van der Waals surface area contributed by atoms with Crippen molar-refractivity contribution in [3.63, 3.8) is 0 Å². The molecule has 0 amide bonds. The van der Waals surface area contributed by atoms with Gasteiger partial charge in [0.05, 0.1) is 12.2 Å². The molecule has 0 radical (unpaired) electrons. The van der Waals surface area contributed by atoms with Crippen molar-refractivity contribution >= 4 is 41.7 Å². The molecule has 0 spiro atoms. The average molecular weight is 576 g/mol. The van der Waals surface area contributed by atoms with Crippen LogP contribution in [0.3, 0.4) is 0 Å². The summed E-state index contributed by atoms with van der Waals surface area (Å²) in [5.41, 5.74) is 3.11. The Kier molecular flexibility index (Phi) is 11.3. The molecule has 1 aliphatic heterocycles. The van der Waals surface area contributed by atoms with E-state index in [1.807, 2.05) is 26.2 Å². The van der Waals surface area contributed by atoms with Crippen molar-refractivity contribution in [3.8, 4) is 0 Å². The maximum Gasteiger partial charge on any atom is 0.208 e. The lowest BCUT2D eigenvalue weighted by Crippen LogP contribution is -2.42. The number of rotatable bonds is 8. The van der Waals surface area contributed by atoms with E-state index in [0.717, 1.165) is 79.2 Å². The number of oxazole rings is 1. The fourth-order valence-electron chi connectivity index (χ4n) is 3.84. The highest BCUT2D eigenvalue weighted by atomic mass is 127. The molecule has 1 aromatic carbocycles. The standard InChI is InChI=1S/C23H34FN5OS.HI/c1-16-17(2)30-22(28-16)14-29-9-7-18(8-10-29)12-26-23(25-3)27-13-19-5-6-21(24)11-20(19)15-31-4;/h5-6,11,18H,7-10,12-15H2,1-4H3,(H2,25,26,27);1H. The molecule has 2 N–H and O–H groups in total. The quantitative estimate of drug-likeness (QED) is 0.275. The van der Waals surface area contributed by atoms with Crippen LogP contribution < -0.4 is 10.6 Å². The second-order valence-corrected chi connectivity index (χ2v) is 8.99. The van der Waals surface area contributed by atoms with Gasteiger partial charge in [-0.05, 0) is 75.2 Å². The molecule has 32 heavy (non-hydrogen) atoms. The maximum atomic E-state index is 13.6. The molecule has 1 fully saturated rings. The summed E-state index contributed by atoms with van der Waals surface area (Å²) in [6.45, 7) is 8.35. The van der Waals surface area contributed by atoms with E-state index in [1.165, 1.54) is 6.07 Å². The molecule has 0 aliphatic carbocycles. The Balaban J connectivity index is 0.00000363. The lowest BCUT2D eigenvalue weighted by Gasteiger charge is -2.31. The van der Waals surface area contributed by atoms with Gasteiger partial charge in [0.25, 0.3) is 0 Å². The molecule has 2 aromatic rings. The van der Waals surface area contributed by atoms with Crippen LogP contribution in [0.1, 0.15) is 41.3 Å². The van der Waals surface area contributed by atoms with Gasteiger partial charge in [-0.2, -0.15) is 11.8 Å². The molecule has 0 unspecified atom stereocenters. The number of piperidine rings is 1. The largest absolute Gasteiger partial charge is 0.444 e. The van der Waals surface area contributed by atoms with E-state index in [4.69, 9.17) is 4.42 Å². The lowest BCUT2D eigenvalue weighted by molar-refractivity contribution is 0.164. The van der Waals surface area contributed by atoms with Crippen LogP contribution in [-0.2, 0) is 18.8 Å². The highest BCUT2D eigenvalue weighted by Gasteiger charge is 2.21. The molecular formula is C23H35FIN5OS. The van der Waals surface area contributed by atoms with Gasteiger partial charge in [-0.1, -0.05) is 6.07 Å². The summed E-state index contributed by atoms with van der Waals surface area (Å²) in [5, 5.41) is 6.83. The number of hydrogen-bond acceptors (Lipinski definition) is 5. The molecule has 0 saturated carbocycles. The number of thioether (sulfide) groups is 1. The van der Waals surface area contributed by atoms with Crippen molar-refractivity contribution in [1.29, 1.82) is 0 Å². The number of nitrogens with zero attached hydrogens (tertiary/aromatic N) is 3. The van der Waals surface area contributed by atoms with Gasteiger partial charge in [-0.3, -0.25) is 9.89 Å². The zero-order valence-corrected chi connectivity index (χ0v) is 22.6. The van der Waals surface area contributed by atoms with E-state index in [1.54, 1.807) is 24.9 Å². The Morgan fingerprint density at radius 2 is 2.00 bits per heavy atom.